The van der Waals surface area contributed by atoms with Gasteiger partial charge >= 0.3 is 0 Å². The van der Waals surface area contributed by atoms with Crippen LogP contribution in [0, 0.1) is 17.1 Å². The largest absolute Gasteiger partial charge is 0.492 e. The van der Waals surface area contributed by atoms with E-state index in [9.17, 15) is 9.65 Å². The van der Waals surface area contributed by atoms with Crippen LogP contribution in [0.25, 0.3) is 0 Å². The highest BCUT2D eigenvalue weighted by Gasteiger charge is 2.14. The van der Waals surface area contributed by atoms with E-state index in [0.29, 0.717) is 35.8 Å². The smallest absolute Gasteiger partial charge is 0.137 e. The summed E-state index contributed by atoms with van der Waals surface area (Å²) in [6.07, 6.45) is 1.19. The minimum absolute atomic E-state index is 0.337. The molecule has 0 radical (unpaired) electrons. The topological polar surface area (TPSA) is 33.0 Å². The first-order valence-corrected chi connectivity index (χ1v) is 7.11. The van der Waals surface area contributed by atoms with Gasteiger partial charge in [-0.2, -0.15) is 5.26 Å². The first-order chi connectivity index (χ1) is 10.2. The number of ether oxygens (including phenoxy) is 1. The summed E-state index contributed by atoms with van der Waals surface area (Å²) in [5.41, 5.74) is 0.442. The molecular formula is C17H15ClFNO. The van der Waals surface area contributed by atoms with E-state index in [4.69, 9.17) is 16.3 Å². The molecule has 0 saturated carbocycles. The van der Waals surface area contributed by atoms with Crippen LogP contribution < -0.4 is 4.74 Å². The number of para-hydroxylation sites is 1. The number of halogens is 2. The zero-order chi connectivity index (χ0) is 15.1. The van der Waals surface area contributed by atoms with Gasteiger partial charge < -0.3 is 4.74 Å². The van der Waals surface area contributed by atoms with Crippen LogP contribution in [0.4, 0.5) is 4.39 Å². The van der Waals surface area contributed by atoms with E-state index in [0.717, 1.165) is 0 Å². The standard InChI is InChI=1S/C17H15ClFNO/c18-15-8-2-4-10-17(15)21-11-5-6-13(12-20)14-7-1-3-9-16(14)19/h1-4,7-10,13H,5-6,11H2. The van der Waals surface area contributed by atoms with Gasteiger partial charge in [0.15, 0.2) is 0 Å². The zero-order valence-electron chi connectivity index (χ0n) is 11.4. The Morgan fingerprint density at radius 2 is 1.86 bits per heavy atom. The molecule has 0 aliphatic carbocycles. The second kappa shape index (κ2) is 7.66. The van der Waals surface area contributed by atoms with Gasteiger partial charge in [0.2, 0.25) is 0 Å². The number of nitriles is 1. The lowest BCUT2D eigenvalue weighted by atomic mass is 9.95. The Bertz CT molecular complexity index is 639. The summed E-state index contributed by atoms with van der Waals surface area (Å²) in [7, 11) is 0. The predicted octanol–water partition coefficient (Wildman–Crippen LogP) is 4.95. The first kappa shape index (κ1) is 15.3. The Hall–Kier alpha value is -2.05. The van der Waals surface area contributed by atoms with Crippen molar-refractivity contribution in [2.24, 2.45) is 0 Å². The minimum atomic E-state index is -0.457. The van der Waals surface area contributed by atoms with Crippen LogP contribution in [-0.4, -0.2) is 6.61 Å². The van der Waals surface area contributed by atoms with E-state index >= 15 is 0 Å². The van der Waals surface area contributed by atoms with Gasteiger partial charge in [-0.1, -0.05) is 41.9 Å². The summed E-state index contributed by atoms with van der Waals surface area (Å²) in [4.78, 5) is 0. The van der Waals surface area contributed by atoms with Crippen molar-refractivity contribution in [2.75, 3.05) is 6.61 Å². The van der Waals surface area contributed by atoms with Gasteiger partial charge in [0.05, 0.1) is 23.6 Å². The third-order valence-corrected chi connectivity index (χ3v) is 3.48. The van der Waals surface area contributed by atoms with Crippen molar-refractivity contribution in [1.82, 2.24) is 0 Å². The van der Waals surface area contributed by atoms with Gasteiger partial charge in [0.1, 0.15) is 11.6 Å². The second-order valence-electron chi connectivity index (χ2n) is 4.62. The fourth-order valence-corrected chi connectivity index (χ4v) is 2.27. The number of hydrogen-bond acceptors (Lipinski definition) is 2. The Balaban J connectivity index is 1.86. The lowest BCUT2D eigenvalue weighted by Crippen LogP contribution is -2.03. The van der Waals surface area contributed by atoms with Crippen molar-refractivity contribution in [3.63, 3.8) is 0 Å². The Labute approximate surface area is 128 Å². The summed E-state index contributed by atoms with van der Waals surface area (Å²) in [6, 6.07) is 15.8. The maximum Gasteiger partial charge on any atom is 0.137 e. The summed E-state index contributed by atoms with van der Waals surface area (Å²) >= 11 is 5.98. The molecule has 21 heavy (non-hydrogen) atoms. The molecule has 0 saturated heterocycles. The quantitative estimate of drug-likeness (QED) is 0.708. The summed E-state index contributed by atoms with van der Waals surface area (Å²) in [5, 5.41) is 9.74. The molecule has 0 N–H and O–H groups in total. The van der Waals surface area contributed by atoms with E-state index in [1.807, 2.05) is 12.1 Å². The van der Waals surface area contributed by atoms with Gasteiger partial charge in [-0.15, -0.1) is 0 Å². The maximum atomic E-state index is 13.7. The molecule has 0 heterocycles. The number of rotatable bonds is 6. The fourth-order valence-electron chi connectivity index (χ4n) is 2.08. The summed E-state index contributed by atoms with van der Waals surface area (Å²) in [5.74, 6) is -0.171. The van der Waals surface area contributed by atoms with E-state index < -0.39 is 5.92 Å². The lowest BCUT2D eigenvalue weighted by Gasteiger charge is -2.11. The average Bonchev–Trinajstić information content (AvgIpc) is 2.50. The third-order valence-electron chi connectivity index (χ3n) is 3.17. The number of hydrogen-bond donors (Lipinski definition) is 0. The SMILES string of the molecule is N#CC(CCCOc1ccccc1Cl)c1ccccc1F. The molecule has 108 valence electrons. The maximum absolute atomic E-state index is 13.7. The van der Waals surface area contributed by atoms with E-state index in [-0.39, 0.29) is 5.82 Å². The first-order valence-electron chi connectivity index (χ1n) is 6.73. The molecule has 0 aromatic heterocycles. The summed E-state index contributed by atoms with van der Waals surface area (Å²) < 4.78 is 19.2. The average molecular weight is 304 g/mol. The molecule has 1 unspecified atom stereocenters. The number of nitrogens with zero attached hydrogens (tertiary/aromatic N) is 1. The zero-order valence-corrected chi connectivity index (χ0v) is 12.2. The van der Waals surface area contributed by atoms with Crippen molar-refractivity contribution in [1.29, 1.82) is 5.26 Å². The molecule has 2 nitrogen and oxygen atoms in total. The van der Waals surface area contributed by atoms with Crippen LogP contribution in [0.2, 0.25) is 5.02 Å². The molecule has 0 fully saturated rings. The van der Waals surface area contributed by atoms with Crippen LogP contribution in [-0.2, 0) is 0 Å². The van der Waals surface area contributed by atoms with Crippen LogP contribution in [0.3, 0.4) is 0 Å². The molecule has 2 rings (SSSR count). The highest BCUT2D eigenvalue weighted by molar-refractivity contribution is 6.32. The molecule has 2 aromatic carbocycles. The Kier molecular flexibility index (Phi) is 5.59. The van der Waals surface area contributed by atoms with Crippen molar-refractivity contribution >= 4 is 11.6 Å². The molecular weight excluding hydrogens is 289 g/mol. The monoisotopic (exact) mass is 303 g/mol. The molecule has 2 aromatic rings. The fraction of sp³-hybridized carbons (Fsp3) is 0.235. The van der Waals surface area contributed by atoms with Crippen LogP contribution in [0.15, 0.2) is 48.5 Å². The Morgan fingerprint density at radius 3 is 2.57 bits per heavy atom. The van der Waals surface area contributed by atoms with Gasteiger partial charge in [0.25, 0.3) is 0 Å². The molecule has 0 bridgehead atoms. The van der Waals surface area contributed by atoms with Crippen molar-refractivity contribution in [3.8, 4) is 11.8 Å². The molecule has 0 amide bonds. The molecule has 0 spiro atoms. The normalized spacial score (nSPS) is 11.7. The second-order valence-corrected chi connectivity index (χ2v) is 5.03. The van der Waals surface area contributed by atoms with Crippen LogP contribution in [0.5, 0.6) is 5.75 Å². The van der Waals surface area contributed by atoms with Crippen molar-refractivity contribution < 1.29 is 9.13 Å². The highest BCUT2D eigenvalue weighted by atomic mass is 35.5. The highest BCUT2D eigenvalue weighted by Crippen LogP contribution is 2.25. The van der Waals surface area contributed by atoms with E-state index in [1.165, 1.54) is 6.07 Å². The predicted molar refractivity (Wildman–Crippen MR) is 80.9 cm³/mol. The lowest BCUT2D eigenvalue weighted by molar-refractivity contribution is 0.304. The minimum Gasteiger partial charge on any atom is -0.492 e. The molecule has 1 atom stereocenters. The van der Waals surface area contributed by atoms with Gasteiger partial charge in [-0.3, -0.25) is 0 Å². The Morgan fingerprint density at radius 1 is 1.14 bits per heavy atom. The molecule has 4 heteroatoms. The summed E-state index contributed by atoms with van der Waals surface area (Å²) in [6.45, 7) is 0.441. The molecule has 0 aliphatic rings. The van der Waals surface area contributed by atoms with E-state index in [2.05, 4.69) is 6.07 Å². The van der Waals surface area contributed by atoms with Gasteiger partial charge in [-0.25, -0.2) is 4.39 Å². The van der Waals surface area contributed by atoms with Crippen LogP contribution >= 0.6 is 11.6 Å². The third kappa shape index (κ3) is 4.21. The van der Waals surface area contributed by atoms with E-state index in [1.54, 1.807) is 30.3 Å². The number of benzene rings is 2. The van der Waals surface area contributed by atoms with Gasteiger partial charge in [0, 0.05) is 5.56 Å². The van der Waals surface area contributed by atoms with Crippen molar-refractivity contribution in [3.05, 3.63) is 64.9 Å². The van der Waals surface area contributed by atoms with Crippen LogP contribution in [0.1, 0.15) is 24.3 Å². The van der Waals surface area contributed by atoms with Crippen molar-refractivity contribution in [2.45, 2.75) is 18.8 Å². The molecule has 0 aliphatic heterocycles. The van der Waals surface area contributed by atoms with Gasteiger partial charge in [-0.05, 0) is 31.0 Å².